The minimum absolute atomic E-state index is 0.165. The molecule has 0 aromatic heterocycles. The monoisotopic (exact) mass is 235 g/mol. The average Bonchev–Trinajstić information content (AvgIpc) is 2.66. The average molecular weight is 235 g/mol. The van der Waals surface area contributed by atoms with Gasteiger partial charge in [-0.3, -0.25) is 4.90 Å². The highest BCUT2D eigenvalue weighted by Gasteiger charge is 2.24. The zero-order chi connectivity index (χ0) is 11.9. The molecular weight excluding hydrogens is 210 g/mol. The fraction of sp³-hybridized carbons (Fsp3) is 0.929. The molecule has 2 fully saturated rings. The highest BCUT2D eigenvalue weighted by Crippen LogP contribution is 2.28. The molecule has 0 aromatic rings. The van der Waals surface area contributed by atoms with Gasteiger partial charge in [0.05, 0.1) is 12.1 Å². The summed E-state index contributed by atoms with van der Waals surface area (Å²) < 4.78 is 0. The molecular formula is C14H25N3. The second-order valence-electron chi connectivity index (χ2n) is 5.52. The molecule has 0 amide bonds. The predicted molar refractivity (Wildman–Crippen MR) is 69.7 cm³/mol. The van der Waals surface area contributed by atoms with Gasteiger partial charge < -0.3 is 5.32 Å². The number of nitrogens with zero attached hydrogens (tertiary/aromatic N) is 2. The first-order valence-corrected chi connectivity index (χ1v) is 7.24. The molecule has 96 valence electrons. The van der Waals surface area contributed by atoms with Gasteiger partial charge in [0.2, 0.25) is 0 Å². The Morgan fingerprint density at radius 3 is 2.71 bits per heavy atom. The van der Waals surface area contributed by atoms with Crippen molar-refractivity contribution in [1.29, 1.82) is 5.26 Å². The molecule has 3 nitrogen and oxygen atoms in total. The topological polar surface area (TPSA) is 39.1 Å². The lowest BCUT2D eigenvalue weighted by atomic mass is 9.84. The molecule has 0 aromatic carbocycles. The van der Waals surface area contributed by atoms with Gasteiger partial charge >= 0.3 is 0 Å². The van der Waals surface area contributed by atoms with Crippen LogP contribution in [0.4, 0.5) is 0 Å². The molecule has 17 heavy (non-hydrogen) atoms. The zero-order valence-corrected chi connectivity index (χ0v) is 10.8. The summed E-state index contributed by atoms with van der Waals surface area (Å²) in [6, 6.07) is 2.71. The number of rotatable bonds is 3. The van der Waals surface area contributed by atoms with Crippen molar-refractivity contribution in [2.75, 3.05) is 26.2 Å². The van der Waals surface area contributed by atoms with Gasteiger partial charge in [-0.15, -0.1) is 0 Å². The first-order chi connectivity index (χ1) is 8.40. The van der Waals surface area contributed by atoms with Gasteiger partial charge in [0, 0.05) is 19.6 Å². The molecule has 1 saturated heterocycles. The van der Waals surface area contributed by atoms with Crippen molar-refractivity contribution in [2.24, 2.45) is 5.92 Å². The second kappa shape index (κ2) is 6.98. The molecule has 0 spiro atoms. The molecule has 0 radical (unpaired) electrons. The summed E-state index contributed by atoms with van der Waals surface area (Å²) in [5.41, 5.74) is 0. The van der Waals surface area contributed by atoms with Crippen molar-refractivity contribution < 1.29 is 0 Å². The van der Waals surface area contributed by atoms with Crippen LogP contribution in [0, 0.1) is 17.2 Å². The maximum Gasteiger partial charge on any atom is 0.0980 e. The van der Waals surface area contributed by atoms with E-state index in [9.17, 15) is 5.26 Å². The van der Waals surface area contributed by atoms with E-state index in [1.807, 2.05) is 0 Å². The van der Waals surface area contributed by atoms with E-state index in [0.29, 0.717) is 0 Å². The van der Waals surface area contributed by atoms with E-state index in [-0.39, 0.29) is 6.04 Å². The molecule has 1 saturated carbocycles. The van der Waals surface area contributed by atoms with Crippen molar-refractivity contribution in [3.8, 4) is 6.07 Å². The number of hydrogen-bond acceptors (Lipinski definition) is 3. The Morgan fingerprint density at radius 1 is 1.12 bits per heavy atom. The summed E-state index contributed by atoms with van der Waals surface area (Å²) in [5.74, 6) is 0.810. The van der Waals surface area contributed by atoms with Crippen molar-refractivity contribution in [3.05, 3.63) is 0 Å². The van der Waals surface area contributed by atoms with Crippen LogP contribution in [0.5, 0.6) is 0 Å². The van der Waals surface area contributed by atoms with Gasteiger partial charge in [-0.1, -0.05) is 32.1 Å². The Kier molecular flexibility index (Phi) is 5.28. The van der Waals surface area contributed by atoms with Crippen LogP contribution in [-0.4, -0.2) is 37.1 Å². The van der Waals surface area contributed by atoms with Gasteiger partial charge in [-0.25, -0.2) is 0 Å². The fourth-order valence-corrected chi connectivity index (χ4v) is 3.20. The smallest absolute Gasteiger partial charge is 0.0980 e. The van der Waals surface area contributed by atoms with Crippen molar-refractivity contribution in [2.45, 2.75) is 51.0 Å². The van der Waals surface area contributed by atoms with Crippen LogP contribution in [-0.2, 0) is 0 Å². The standard InChI is InChI=1S/C14H25N3/c15-12-14(11-13-5-2-1-3-6-13)17-9-4-7-16-8-10-17/h13-14,16H,1-11H2. The first kappa shape index (κ1) is 12.9. The van der Waals surface area contributed by atoms with E-state index in [4.69, 9.17) is 0 Å². The second-order valence-corrected chi connectivity index (χ2v) is 5.52. The van der Waals surface area contributed by atoms with Crippen molar-refractivity contribution >= 4 is 0 Å². The predicted octanol–water partition coefficient (Wildman–Crippen LogP) is 2.14. The van der Waals surface area contributed by atoms with E-state index in [1.54, 1.807) is 0 Å². The van der Waals surface area contributed by atoms with Crippen LogP contribution in [0.2, 0.25) is 0 Å². The first-order valence-electron chi connectivity index (χ1n) is 7.24. The van der Waals surface area contributed by atoms with Crippen molar-refractivity contribution in [1.82, 2.24) is 10.2 Å². The molecule has 3 heteroatoms. The van der Waals surface area contributed by atoms with E-state index < -0.39 is 0 Å². The third-order valence-electron chi connectivity index (χ3n) is 4.25. The Balaban J connectivity index is 1.84. The third kappa shape index (κ3) is 3.97. The molecule has 1 N–H and O–H groups in total. The summed E-state index contributed by atoms with van der Waals surface area (Å²) in [4.78, 5) is 2.40. The number of nitrogens with one attached hydrogen (secondary N) is 1. The van der Waals surface area contributed by atoms with Gasteiger partial charge in [0.1, 0.15) is 0 Å². The molecule has 1 atom stereocenters. The van der Waals surface area contributed by atoms with Gasteiger partial charge in [-0.05, 0) is 25.3 Å². The van der Waals surface area contributed by atoms with E-state index in [1.165, 1.54) is 38.5 Å². The fourth-order valence-electron chi connectivity index (χ4n) is 3.20. The molecule has 1 unspecified atom stereocenters. The Bertz CT molecular complexity index is 245. The summed E-state index contributed by atoms with van der Waals surface area (Å²) in [5, 5.41) is 12.8. The van der Waals surface area contributed by atoms with E-state index in [2.05, 4.69) is 16.3 Å². The van der Waals surface area contributed by atoms with Crippen LogP contribution in [0.3, 0.4) is 0 Å². The van der Waals surface area contributed by atoms with Crippen LogP contribution in [0.25, 0.3) is 0 Å². The highest BCUT2D eigenvalue weighted by molar-refractivity contribution is 4.94. The highest BCUT2D eigenvalue weighted by atomic mass is 15.2. The minimum atomic E-state index is 0.165. The number of hydrogen-bond donors (Lipinski definition) is 1. The molecule has 2 aliphatic rings. The maximum atomic E-state index is 9.39. The zero-order valence-electron chi connectivity index (χ0n) is 10.8. The molecule has 2 rings (SSSR count). The summed E-state index contributed by atoms with van der Waals surface area (Å²) in [6.07, 6.45) is 9.16. The van der Waals surface area contributed by atoms with Crippen LogP contribution in [0.1, 0.15) is 44.9 Å². The van der Waals surface area contributed by atoms with E-state index in [0.717, 1.165) is 38.5 Å². The summed E-state index contributed by atoms with van der Waals surface area (Å²) in [6.45, 7) is 4.30. The van der Waals surface area contributed by atoms with Gasteiger partial charge in [0.15, 0.2) is 0 Å². The van der Waals surface area contributed by atoms with E-state index >= 15 is 0 Å². The maximum absolute atomic E-state index is 9.39. The lowest BCUT2D eigenvalue weighted by Crippen LogP contribution is -2.38. The molecule has 1 aliphatic heterocycles. The van der Waals surface area contributed by atoms with Gasteiger partial charge in [0.25, 0.3) is 0 Å². The third-order valence-corrected chi connectivity index (χ3v) is 4.25. The van der Waals surface area contributed by atoms with Gasteiger partial charge in [-0.2, -0.15) is 5.26 Å². The summed E-state index contributed by atoms with van der Waals surface area (Å²) in [7, 11) is 0. The molecule has 1 heterocycles. The molecule has 0 bridgehead atoms. The van der Waals surface area contributed by atoms with Crippen LogP contribution < -0.4 is 5.32 Å². The quantitative estimate of drug-likeness (QED) is 0.814. The number of nitriles is 1. The lowest BCUT2D eigenvalue weighted by Gasteiger charge is -2.30. The molecule has 1 aliphatic carbocycles. The summed E-state index contributed by atoms with van der Waals surface area (Å²) >= 11 is 0. The lowest BCUT2D eigenvalue weighted by molar-refractivity contribution is 0.200. The Morgan fingerprint density at radius 2 is 1.94 bits per heavy atom. The Labute approximate surface area is 105 Å². The Hall–Kier alpha value is -0.590. The minimum Gasteiger partial charge on any atom is -0.315 e. The van der Waals surface area contributed by atoms with Crippen molar-refractivity contribution in [3.63, 3.8) is 0 Å². The van der Waals surface area contributed by atoms with Crippen LogP contribution >= 0.6 is 0 Å². The normalized spacial score (nSPS) is 26.1. The largest absolute Gasteiger partial charge is 0.315 e. The van der Waals surface area contributed by atoms with Crippen LogP contribution in [0.15, 0.2) is 0 Å². The SMILES string of the molecule is N#CC(CC1CCCCC1)N1CCCNCC1.